The number of hydrogen-bond donors (Lipinski definition) is 3. The van der Waals surface area contributed by atoms with Gasteiger partial charge in [0.2, 0.25) is 0 Å². The maximum absolute atomic E-state index is 13.7. The smallest absolute Gasteiger partial charge is 0.320 e. The number of pyridine rings is 1. The molecule has 0 bridgehead atoms. The molecule has 45 heavy (non-hydrogen) atoms. The minimum absolute atomic E-state index is 0.0234. The molecule has 2 fully saturated rings. The summed E-state index contributed by atoms with van der Waals surface area (Å²) in [6, 6.07) is 23.1. The van der Waals surface area contributed by atoms with Gasteiger partial charge in [-0.15, -0.1) is 0 Å². The molecular formula is C34H39N7O4. The van der Waals surface area contributed by atoms with Gasteiger partial charge in [-0.1, -0.05) is 48.5 Å². The van der Waals surface area contributed by atoms with E-state index in [1.807, 2.05) is 61.5 Å². The van der Waals surface area contributed by atoms with E-state index < -0.39 is 0 Å². The number of amides is 3. The van der Waals surface area contributed by atoms with Crippen molar-refractivity contribution in [3.8, 4) is 16.9 Å². The molecule has 0 radical (unpaired) electrons. The number of methoxy groups -OCH3 is 1. The molecule has 234 valence electrons. The molecule has 0 saturated carbocycles. The standard InChI is InChI=1S/C34H39N7O4/c1-23-31(25-13-15-35-29(19-25)33(42)36-26-14-17-45-22-26)39-41(27-11-7-4-8-12-27)32(23)38-34(43)37-30-21-40(16-18-44-2)20-28(30)24-9-5-3-6-10-24/h3-13,15,19,26,28,30H,14,16-18,20-22H2,1-2H3,(H,36,42)(H2,37,38,43)/t26-,28+,30-/m1/s1. The van der Waals surface area contributed by atoms with E-state index in [1.165, 1.54) is 5.56 Å². The molecule has 2 aliphatic rings. The second-order valence-corrected chi connectivity index (χ2v) is 11.5. The van der Waals surface area contributed by atoms with Crippen LogP contribution in [0.2, 0.25) is 0 Å². The topological polar surface area (TPSA) is 123 Å². The molecule has 0 unspecified atom stereocenters. The van der Waals surface area contributed by atoms with Crippen molar-refractivity contribution in [3.05, 3.63) is 95.8 Å². The van der Waals surface area contributed by atoms with Gasteiger partial charge < -0.3 is 20.1 Å². The first-order chi connectivity index (χ1) is 22.0. The first kappa shape index (κ1) is 30.4. The number of rotatable bonds is 10. The van der Waals surface area contributed by atoms with Crippen LogP contribution in [0.5, 0.6) is 0 Å². The van der Waals surface area contributed by atoms with Gasteiger partial charge in [0, 0.05) is 56.6 Å². The Bertz CT molecular complexity index is 1610. The average Bonchev–Trinajstić information content (AvgIpc) is 3.81. The number of likely N-dealkylation sites (tertiary alicyclic amines) is 1. The number of carbonyl (C=O) groups is 2. The summed E-state index contributed by atoms with van der Waals surface area (Å²) >= 11 is 0. The van der Waals surface area contributed by atoms with Gasteiger partial charge in [-0.3, -0.25) is 20.0 Å². The Balaban J connectivity index is 1.26. The Morgan fingerprint density at radius 2 is 1.80 bits per heavy atom. The van der Waals surface area contributed by atoms with Crippen molar-refractivity contribution in [3.63, 3.8) is 0 Å². The predicted octanol–water partition coefficient (Wildman–Crippen LogP) is 4.00. The van der Waals surface area contributed by atoms with E-state index in [2.05, 4.69) is 38.0 Å². The first-order valence-electron chi connectivity index (χ1n) is 15.3. The first-order valence-corrected chi connectivity index (χ1v) is 15.3. The lowest BCUT2D eigenvalue weighted by Gasteiger charge is -2.21. The number of aromatic nitrogens is 3. The molecule has 3 amide bonds. The van der Waals surface area contributed by atoms with Gasteiger partial charge in [0.1, 0.15) is 11.5 Å². The van der Waals surface area contributed by atoms with Crippen molar-refractivity contribution in [2.75, 3.05) is 51.9 Å². The van der Waals surface area contributed by atoms with Crippen molar-refractivity contribution in [2.24, 2.45) is 0 Å². The number of hydrogen-bond acceptors (Lipinski definition) is 7. The van der Waals surface area contributed by atoms with Crippen molar-refractivity contribution in [2.45, 2.75) is 31.3 Å². The van der Waals surface area contributed by atoms with Crippen LogP contribution in [-0.2, 0) is 9.47 Å². The molecule has 2 saturated heterocycles. The molecule has 2 aliphatic heterocycles. The molecule has 11 nitrogen and oxygen atoms in total. The fraction of sp³-hybridized carbons (Fsp3) is 0.353. The Labute approximate surface area is 262 Å². The number of benzene rings is 2. The number of nitrogens with one attached hydrogen (secondary N) is 3. The van der Waals surface area contributed by atoms with Gasteiger partial charge in [-0.2, -0.15) is 5.10 Å². The van der Waals surface area contributed by atoms with E-state index in [0.29, 0.717) is 43.6 Å². The van der Waals surface area contributed by atoms with Crippen LogP contribution >= 0.6 is 0 Å². The Morgan fingerprint density at radius 1 is 1.02 bits per heavy atom. The molecule has 6 rings (SSSR count). The molecule has 3 atom stereocenters. The summed E-state index contributed by atoms with van der Waals surface area (Å²) in [6.45, 7) is 6.03. The van der Waals surface area contributed by atoms with E-state index in [0.717, 1.165) is 36.3 Å². The number of para-hydroxylation sites is 1. The highest BCUT2D eigenvalue weighted by Gasteiger charge is 2.35. The number of urea groups is 1. The molecule has 4 aromatic rings. The van der Waals surface area contributed by atoms with E-state index >= 15 is 0 Å². The van der Waals surface area contributed by atoms with Gasteiger partial charge in [0.05, 0.1) is 36.7 Å². The fourth-order valence-corrected chi connectivity index (χ4v) is 6.07. The molecule has 11 heteroatoms. The average molecular weight is 610 g/mol. The van der Waals surface area contributed by atoms with Crippen LogP contribution in [0.3, 0.4) is 0 Å². The highest BCUT2D eigenvalue weighted by atomic mass is 16.5. The van der Waals surface area contributed by atoms with Crippen LogP contribution in [0.4, 0.5) is 10.6 Å². The third-order valence-corrected chi connectivity index (χ3v) is 8.44. The minimum Gasteiger partial charge on any atom is -0.383 e. The van der Waals surface area contributed by atoms with E-state index in [4.69, 9.17) is 14.6 Å². The quantitative estimate of drug-likeness (QED) is 0.249. The van der Waals surface area contributed by atoms with E-state index in [-0.39, 0.29) is 29.9 Å². The summed E-state index contributed by atoms with van der Waals surface area (Å²) in [5.74, 6) is 0.432. The van der Waals surface area contributed by atoms with E-state index in [9.17, 15) is 9.59 Å². The van der Waals surface area contributed by atoms with Gasteiger partial charge in [0.15, 0.2) is 0 Å². The molecule has 0 spiro atoms. The van der Waals surface area contributed by atoms with Crippen LogP contribution < -0.4 is 16.0 Å². The largest absolute Gasteiger partial charge is 0.383 e. The Hall–Kier alpha value is -4.58. The molecule has 3 N–H and O–H groups in total. The molecule has 2 aromatic heterocycles. The number of anilines is 1. The van der Waals surface area contributed by atoms with Crippen LogP contribution in [0.15, 0.2) is 79.0 Å². The van der Waals surface area contributed by atoms with Crippen molar-refractivity contribution < 1.29 is 19.1 Å². The second-order valence-electron chi connectivity index (χ2n) is 11.5. The normalized spacial score (nSPS) is 19.8. The molecule has 0 aliphatic carbocycles. The zero-order chi connectivity index (χ0) is 31.2. The monoisotopic (exact) mass is 609 g/mol. The maximum Gasteiger partial charge on any atom is 0.320 e. The molecule has 4 heterocycles. The second kappa shape index (κ2) is 14.0. The van der Waals surface area contributed by atoms with Gasteiger partial charge >= 0.3 is 6.03 Å². The molecular weight excluding hydrogens is 570 g/mol. The van der Waals surface area contributed by atoms with Crippen LogP contribution in [0.1, 0.15) is 34.0 Å². The third-order valence-electron chi connectivity index (χ3n) is 8.44. The summed E-state index contributed by atoms with van der Waals surface area (Å²) in [5, 5.41) is 14.3. The minimum atomic E-state index is -0.310. The van der Waals surface area contributed by atoms with Crippen LogP contribution in [0.25, 0.3) is 16.9 Å². The summed E-state index contributed by atoms with van der Waals surface area (Å²) in [6.07, 6.45) is 2.39. The lowest BCUT2D eigenvalue weighted by atomic mass is 9.94. The number of nitrogens with zero attached hydrogens (tertiary/aromatic N) is 4. The highest BCUT2D eigenvalue weighted by molar-refractivity contribution is 5.94. The summed E-state index contributed by atoms with van der Waals surface area (Å²) < 4.78 is 12.4. The summed E-state index contributed by atoms with van der Waals surface area (Å²) in [4.78, 5) is 33.3. The zero-order valence-electron chi connectivity index (χ0n) is 25.6. The van der Waals surface area contributed by atoms with Gasteiger partial charge in [0.25, 0.3) is 5.91 Å². The summed E-state index contributed by atoms with van der Waals surface area (Å²) in [7, 11) is 1.70. The van der Waals surface area contributed by atoms with Gasteiger partial charge in [-0.05, 0) is 43.2 Å². The van der Waals surface area contributed by atoms with Crippen molar-refractivity contribution in [1.82, 2.24) is 30.3 Å². The van der Waals surface area contributed by atoms with Crippen molar-refractivity contribution in [1.29, 1.82) is 0 Å². The lowest BCUT2D eigenvalue weighted by Crippen LogP contribution is -2.42. The maximum atomic E-state index is 13.7. The van der Waals surface area contributed by atoms with Gasteiger partial charge in [-0.25, -0.2) is 9.48 Å². The van der Waals surface area contributed by atoms with Crippen LogP contribution in [0, 0.1) is 6.92 Å². The predicted molar refractivity (Wildman–Crippen MR) is 172 cm³/mol. The van der Waals surface area contributed by atoms with Crippen molar-refractivity contribution >= 4 is 17.8 Å². The Kier molecular flexibility index (Phi) is 9.49. The Morgan fingerprint density at radius 3 is 2.53 bits per heavy atom. The fourth-order valence-electron chi connectivity index (χ4n) is 6.07. The van der Waals surface area contributed by atoms with E-state index in [1.54, 1.807) is 24.1 Å². The number of ether oxygens (including phenoxy) is 2. The zero-order valence-corrected chi connectivity index (χ0v) is 25.6. The number of carbonyl (C=O) groups excluding carboxylic acids is 2. The highest BCUT2D eigenvalue weighted by Crippen LogP contribution is 2.32. The molecule has 2 aromatic carbocycles. The third kappa shape index (κ3) is 7.06. The van der Waals surface area contributed by atoms with Crippen LogP contribution in [-0.4, -0.2) is 90.3 Å². The lowest BCUT2D eigenvalue weighted by molar-refractivity contribution is 0.0925. The SMILES string of the molecule is COCCN1C[C@@H](NC(=O)Nc2c(C)c(-c3ccnc(C(=O)N[C@@H]4CCOC4)c3)nn2-c2ccccc2)[C@H](c2ccccc2)C1. The summed E-state index contributed by atoms with van der Waals surface area (Å²) in [5.41, 5.74) is 4.42.